The van der Waals surface area contributed by atoms with Crippen LogP contribution in [0.2, 0.25) is 0 Å². The Bertz CT molecular complexity index is 1160. The third-order valence-electron chi connectivity index (χ3n) is 7.91. The van der Waals surface area contributed by atoms with E-state index >= 15 is 0 Å². The molecular weight excluding hydrogens is 476 g/mol. The summed E-state index contributed by atoms with van der Waals surface area (Å²) in [6, 6.07) is 4.72. The Morgan fingerprint density at radius 2 is 1.57 bits per heavy atom. The van der Waals surface area contributed by atoms with Crippen molar-refractivity contribution in [1.82, 2.24) is 0 Å². The summed E-state index contributed by atoms with van der Waals surface area (Å²) < 4.78 is 63.2. The zero-order valence-electron chi connectivity index (χ0n) is 21.3. The SMILES string of the molecule is C=CCOc1c(F)cc(C#Cc2c(F)cc(C3CCC4CC(CC/C=C/C)CCC4C3)cc2F)cc1F. The molecule has 37 heavy (non-hydrogen) atoms. The van der Waals surface area contributed by atoms with Crippen molar-refractivity contribution in [2.24, 2.45) is 17.8 Å². The summed E-state index contributed by atoms with van der Waals surface area (Å²) in [5.74, 6) is 3.25. The predicted octanol–water partition coefficient (Wildman–Crippen LogP) is 8.86. The topological polar surface area (TPSA) is 9.23 Å². The first-order valence-electron chi connectivity index (χ1n) is 13.2. The molecule has 0 radical (unpaired) electrons. The lowest BCUT2D eigenvalue weighted by atomic mass is 9.63. The van der Waals surface area contributed by atoms with Crippen LogP contribution in [0.15, 0.2) is 49.1 Å². The molecule has 0 heterocycles. The molecule has 2 aliphatic rings. The van der Waals surface area contributed by atoms with Crippen molar-refractivity contribution in [3.05, 3.63) is 89.0 Å². The van der Waals surface area contributed by atoms with E-state index in [1.54, 1.807) is 0 Å². The third kappa shape index (κ3) is 6.66. The molecule has 2 fully saturated rings. The molecule has 0 bridgehead atoms. The van der Waals surface area contributed by atoms with Gasteiger partial charge < -0.3 is 4.74 Å². The number of fused-ring (bicyclic) bond motifs is 1. The van der Waals surface area contributed by atoms with Crippen molar-refractivity contribution >= 4 is 0 Å². The maximum Gasteiger partial charge on any atom is 0.191 e. The number of hydrogen-bond acceptors (Lipinski definition) is 1. The van der Waals surface area contributed by atoms with Crippen molar-refractivity contribution in [3.63, 3.8) is 0 Å². The second-order valence-electron chi connectivity index (χ2n) is 10.3. The molecule has 0 spiro atoms. The lowest BCUT2D eigenvalue weighted by Crippen LogP contribution is -2.30. The molecule has 0 saturated heterocycles. The summed E-state index contributed by atoms with van der Waals surface area (Å²) in [6.45, 7) is 5.44. The molecule has 0 amide bonds. The molecule has 4 atom stereocenters. The Morgan fingerprint density at radius 3 is 2.24 bits per heavy atom. The molecule has 4 rings (SSSR count). The maximum atomic E-state index is 14.9. The van der Waals surface area contributed by atoms with E-state index in [4.69, 9.17) is 4.74 Å². The second kappa shape index (κ2) is 12.5. The first-order chi connectivity index (χ1) is 17.9. The molecule has 2 saturated carbocycles. The van der Waals surface area contributed by atoms with Gasteiger partial charge in [0.1, 0.15) is 18.2 Å². The normalized spacial score (nSPS) is 23.3. The molecule has 0 aliphatic heterocycles. The van der Waals surface area contributed by atoms with Gasteiger partial charge in [-0.1, -0.05) is 43.1 Å². The highest BCUT2D eigenvalue weighted by Crippen LogP contribution is 2.48. The van der Waals surface area contributed by atoms with E-state index < -0.39 is 34.6 Å². The maximum absolute atomic E-state index is 14.9. The van der Waals surface area contributed by atoms with Crippen LogP contribution in [0.25, 0.3) is 0 Å². The van der Waals surface area contributed by atoms with Gasteiger partial charge in [0.05, 0.1) is 5.56 Å². The number of rotatable bonds is 7. The van der Waals surface area contributed by atoms with Crippen molar-refractivity contribution in [1.29, 1.82) is 0 Å². The van der Waals surface area contributed by atoms with Crippen LogP contribution in [-0.4, -0.2) is 6.61 Å². The molecule has 2 aromatic carbocycles. The average molecular weight is 511 g/mol. The summed E-state index contributed by atoms with van der Waals surface area (Å²) in [7, 11) is 0. The lowest BCUT2D eigenvalue weighted by Gasteiger charge is -2.42. The van der Waals surface area contributed by atoms with Gasteiger partial charge in [-0.3, -0.25) is 0 Å². The monoisotopic (exact) mass is 510 g/mol. The van der Waals surface area contributed by atoms with Crippen molar-refractivity contribution in [2.75, 3.05) is 6.61 Å². The first kappa shape index (κ1) is 27.0. The molecule has 2 aliphatic carbocycles. The minimum atomic E-state index is -0.940. The highest BCUT2D eigenvalue weighted by molar-refractivity contribution is 5.47. The fourth-order valence-corrected chi connectivity index (χ4v) is 6.04. The van der Waals surface area contributed by atoms with Gasteiger partial charge in [0.15, 0.2) is 17.4 Å². The van der Waals surface area contributed by atoms with E-state index in [-0.39, 0.29) is 18.1 Å². The Balaban J connectivity index is 1.44. The van der Waals surface area contributed by atoms with Gasteiger partial charge >= 0.3 is 0 Å². The zero-order valence-corrected chi connectivity index (χ0v) is 21.3. The molecule has 0 N–H and O–H groups in total. The Hall–Kier alpha value is -3.00. The van der Waals surface area contributed by atoms with Crippen molar-refractivity contribution < 1.29 is 22.3 Å². The third-order valence-corrected chi connectivity index (χ3v) is 7.91. The van der Waals surface area contributed by atoms with E-state index in [0.717, 1.165) is 49.7 Å². The van der Waals surface area contributed by atoms with Crippen LogP contribution in [0.3, 0.4) is 0 Å². The number of hydrogen-bond donors (Lipinski definition) is 0. The number of halogens is 4. The Kier molecular flexibility index (Phi) is 9.14. The quantitative estimate of drug-likeness (QED) is 0.205. The first-order valence-corrected chi connectivity index (χ1v) is 13.2. The van der Waals surface area contributed by atoms with Crippen LogP contribution in [0.5, 0.6) is 5.75 Å². The smallest absolute Gasteiger partial charge is 0.191 e. The Morgan fingerprint density at radius 1 is 0.892 bits per heavy atom. The van der Waals surface area contributed by atoms with E-state index in [1.807, 2.05) is 0 Å². The lowest BCUT2D eigenvalue weighted by molar-refractivity contribution is 0.115. The molecular formula is C32H34F4O. The predicted molar refractivity (Wildman–Crippen MR) is 139 cm³/mol. The highest BCUT2D eigenvalue weighted by Gasteiger charge is 2.36. The summed E-state index contributed by atoms with van der Waals surface area (Å²) in [5, 5.41) is 0. The summed E-state index contributed by atoms with van der Waals surface area (Å²) in [6.07, 6.45) is 14.8. The average Bonchev–Trinajstić information content (AvgIpc) is 2.87. The number of ether oxygens (including phenoxy) is 1. The Labute approximate surface area is 217 Å². The van der Waals surface area contributed by atoms with Gasteiger partial charge in [-0.25, -0.2) is 17.6 Å². The van der Waals surface area contributed by atoms with Crippen LogP contribution >= 0.6 is 0 Å². The second-order valence-corrected chi connectivity index (χ2v) is 10.3. The van der Waals surface area contributed by atoms with Gasteiger partial charge in [-0.2, -0.15) is 0 Å². The van der Waals surface area contributed by atoms with Gasteiger partial charge in [0.2, 0.25) is 0 Å². The van der Waals surface area contributed by atoms with Gasteiger partial charge in [-0.15, -0.1) is 0 Å². The summed E-state index contributed by atoms with van der Waals surface area (Å²) in [5.41, 5.74) is 0.241. The van der Waals surface area contributed by atoms with Crippen molar-refractivity contribution in [2.45, 2.75) is 64.2 Å². The molecule has 2 aromatic rings. The van der Waals surface area contributed by atoms with Crippen molar-refractivity contribution in [3.8, 4) is 17.6 Å². The van der Waals surface area contributed by atoms with E-state index in [1.165, 1.54) is 43.9 Å². The van der Waals surface area contributed by atoms with Crippen LogP contribution in [0.4, 0.5) is 17.6 Å². The van der Waals surface area contributed by atoms with Gasteiger partial charge in [0.25, 0.3) is 0 Å². The van der Waals surface area contributed by atoms with Gasteiger partial charge in [0, 0.05) is 5.56 Å². The zero-order chi connectivity index (χ0) is 26.4. The fourth-order valence-electron chi connectivity index (χ4n) is 6.04. The molecule has 4 unspecified atom stereocenters. The number of allylic oxidation sites excluding steroid dienone is 2. The largest absolute Gasteiger partial charge is 0.483 e. The minimum Gasteiger partial charge on any atom is -0.483 e. The van der Waals surface area contributed by atoms with Gasteiger partial charge in [-0.05, 0) is 105 Å². The molecule has 0 aromatic heterocycles. The highest BCUT2D eigenvalue weighted by atomic mass is 19.1. The van der Waals surface area contributed by atoms with Crippen LogP contribution in [-0.2, 0) is 0 Å². The molecule has 1 nitrogen and oxygen atoms in total. The fraction of sp³-hybridized carbons (Fsp3) is 0.438. The van der Waals surface area contributed by atoms with Crippen LogP contribution in [0, 0.1) is 52.9 Å². The van der Waals surface area contributed by atoms with E-state index in [2.05, 4.69) is 37.5 Å². The summed E-state index contributed by atoms with van der Waals surface area (Å²) >= 11 is 0. The molecule has 196 valence electrons. The van der Waals surface area contributed by atoms with E-state index in [9.17, 15) is 17.6 Å². The number of benzene rings is 2. The minimum absolute atomic E-state index is 0.0385. The van der Waals surface area contributed by atoms with Crippen LogP contribution in [0.1, 0.15) is 80.9 Å². The van der Waals surface area contributed by atoms with E-state index in [0.29, 0.717) is 11.5 Å². The summed E-state index contributed by atoms with van der Waals surface area (Å²) in [4.78, 5) is 0. The van der Waals surface area contributed by atoms with Crippen LogP contribution < -0.4 is 4.74 Å². The standard InChI is InChI=1S/C32H34F4O/c1-3-5-6-7-21-8-10-24-18-25(12-11-23(24)15-21)26-19-28(33)27(29(34)20-26)13-9-22-16-30(35)32(31(36)17-22)37-14-4-2/h3-5,16-17,19-21,23-25H,2,6-8,10-12,14-15,18H2,1H3/b5-3+. The molecule has 5 heteroatoms.